The number of hydrogen-bond donors (Lipinski definition) is 1. The highest BCUT2D eigenvalue weighted by Gasteiger charge is 2.56. The summed E-state index contributed by atoms with van der Waals surface area (Å²) in [6.07, 6.45) is 5.51. The van der Waals surface area contributed by atoms with E-state index in [1.165, 1.54) is 18.1 Å². The Morgan fingerprint density at radius 2 is 1.76 bits per heavy atom. The van der Waals surface area contributed by atoms with E-state index in [9.17, 15) is 24.3 Å². The molecule has 0 radical (unpaired) electrons. The third-order valence-corrected chi connectivity index (χ3v) is 10.8. The second-order valence-electron chi connectivity index (χ2n) is 10.7. The number of rotatable bonds is 4. The number of ether oxygens (including phenoxy) is 1. The van der Waals surface area contributed by atoms with Gasteiger partial charge in [-0.2, -0.15) is 0 Å². The molecule has 0 saturated carbocycles. The number of ketones is 2. The number of Topliss-reactive ketones (excluding diaryl/α,β-unsaturated/α-hetero) is 1. The maximum Gasteiger partial charge on any atom is 0.238 e. The monoisotopic (exact) mass is 677 g/mol. The van der Waals surface area contributed by atoms with Gasteiger partial charge in [0.2, 0.25) is 11.8 Å². The molecule has 2 aromatic rings. The molecule has 2 aromatic carbocycles. The fourth-order valence-corrected chi connectivity index (χ4v) is 7.66. The number of hydrogen-bond acceptors (Lipinski definition) is 6. The zero-order valence-corrected chi connectivity index (χ0v) is 25.4. The predicted octanol–water partition coefficient (Wildman–Crippen LogP) is 6.20. The number of benzene rings is 2. The Hall–Kier alpha value is -3.56. The lowest BCUT2D eigenvalue weighted by Crippen LogP contribution is -2.40. The van der Waals surface area contributed by atoms with E-state index < -0.39 is 23.7 Å². The van der Waals surface area contributed by atoms with Gasteiger partial charge in [-0.1, -0.05) is 36.4 Å². The lowest BCUT2D eigenvalue weighted by molar-refractivity contribution is -0.123. The van der Waals surface area contributed by atoms with Gasteiger partial charge in [0, 0.05) is 27.1 Å². The molecule has 6 rings (SSSR count). The molecule has 0 aromatic heterocycles. The van der Waals surface area contributed by atoms with Gasteiger partial charge in [-0.15, -0.1) is 0 Å². The summed E-state index contributed by atoms with van der Waals surface area (Å²) in [6.45, 7) is 5.38. The van der Waals surface area contributed by atoms with Gasteiger partial charge in [-0.25, -0.2) is 0 Å². The lowest BCUT2D eigenvalue weighted by Gasteiger charge is -2.42. The maximum atomic E-state index is 14.0. The van der Waals surface area contributed by atoms with Crippen LogP contribution < -0.4 is 9.64 Å². The summed E-state index contributed by atoms with van der Waals surface area (Å²) in [5.74, 6) is -3.42. The Balaban J connectivity index is 1.52. The molecule has 2 amide bonds. The molecule has 0 unspecified atom stereocenters. The molecule has 41 heavy (non-hydrogen) atoms. The normalized spacial score (nSPS) is 25.4. The zero-order chi connectivity index (χ0) is 29.3. The van der Waals surface area contributed by atoms with Crippen LogP contribution in [-0.4, -0.2) is 35.6 Å². The number of carbonyl (C=O) groups excluding carboxylic acids is 4. The summed E-state index contributed by atoms with van der Waals surface area (Å²) in [6, 6.07) is 8.72. The third kappa shape index (κ3) is 4.04. The van der Waals surface area contributed by atoms with Crippen molar-refractivity contribution in [3.8, 4) is 11.5 Å². The molecule has 4 aliphatic rings. The van der Waals surface area contributed by atoms with Crippen LogP contribution in [0.4, 0.5) is 5.69 Å². The molecule has 3 aliphatic carbocycles. The van der Waals surface area contributed by atoms with Crippen molar-refractivity contribution in [1.29, 1.82) is 0 Å². The quantitative estimate of drug-likeness (QED) is 0.235. The van der Waals surface area contributed by atoms with Gasteiger partial charge < -0.3 is 9.84 Å². The average molecular weight is 679 g/mol. The summed E-state index contributed by atoms with van der Waals surface area (Å²) in [5.41, 5.74) is 3.85. The Bertz CT molecular complexity index is 1680. The predicted molar refractivity (Wildman–Crippen MR) is 160 cm³/mol. The van der Waals surface area contributed by atoms with Crippen molar-refractivity contribution in [2.75, 3.05) is 12.0 Å². The van der Waals surface area contributed by atoms with Crippen molar-refractivity contribution < 1.29 is 29.0 Å². The van der Waals surface area contributed by atoms with Crippen molar-refractivity contribution in [2.24, 2.45) is 17.8 Å². The number of allylic oxidation sites excluding steroid dienone is 6. The Morgan fingerprint density at radius 3 is 2.41 bits per heavy atom. The van der Waals surface area contributed by atoms with Crippen LogP contribution in [0.2, 0.25) is 0 Å². The number of imide groups is 1. The Kier molecular flexibility index (Phi) is 6.77. The van der Waals surface area contributed by atoms with Gasteiger partial charge >= 0.3 is 0 Å². The Morgan fingerprint density at radius 1 is 1.05 bits per heavy atom. The van der Waals surface area contributed by atoms with Crippen LogP contribution >= 0.6 is 31.9 Å². The van der Waals surface area contributed by atoms with Crippen LogP contribution in [0.5, 0.6) is 11.5 Å². The second kappa shape index (κ2) is 10.1. The first-order chi connectivity index (χ1) is 19.6. The number of phenolic OH excluding ortho intramolecular Hbond substituents is 1. The molecule has 1 heterocycles. The van der Waals surface area contributed by atoms with Gasteiger partial charge in [-0.05, 0) is 92.9 Å². The van der Waals surface area contributed by atoms with E-state index in [0.29, 0.717) is 43.3 Å². The molecule has 9 heteroatoms. The standard InChI is InChI=1S/C32H25Br2NO6/c1-4-15-5-7-16(8-6-15)35-31(39)18-10-9-17-19(25(18)32(35)40)12-20-22(36)11-14(2)29(37)26(20)24(17)21-13-23(41-3)30(38)28(34)27(21)33/h4-9,11,13,18-19,24-25,38H,1,10,12H2,2-3H3/t18-,19+,24+,25-/m0/s1. The number of amides is 2. The summed E-state index contributed by atoms with van der Waals surface area (Å²) < 4.78 is 6.26. The van der Waals surface area contributed by atoms with Gasteiger partial charge in [0.1, 0.15) is 0 Å². The number of carbonyl (C=O) groups is 4. The van der Waals surface area contributed by atoms with E-state index in [4.69, 9.17) is 4.74 Å². The number of methoxy groups -OCH3 is 1. The lowest BCUT2D eigenvalue weighted by atomic mass is 9.59. The van der Waals surface area contributed by atoms with E-state index in [2.05, 4.69) is 38.4 Å². The van der Waals surface area contributed by atoms with E-state index in [1.807, 2.05) is 6.08 Å². The summed E-state index contributed by atoms with van der Waals surface area (Å²) in [5, 5.41) is 10.6. The maximum absolute atomic E-state index is 14.0. The van der Waals surface area contributed by atoms with Crippen molar-refractivity contribution in [1.82, 2.24) is 0 Å². The highest BCUT2D eigenvalue weighted by Crippen LogP contribution is 2.57. The third-order valence-electron chi connectivity index (χ3n) is 8.66. The molecule has 1 saturated heterocycles. The van der Waals surface area contributed by atoms with Crippen LogP contribution in [0.1, 0.15) is 36.8 Å². The number of halogens is 2. The first-order valence-electron chi connectivity index (χ1n) is 13.1. The minimum absolute atomic E-state index is 0.112. The van der Waals surface area contributed by atoms with Crippen molar-refractivity contribution in [3.63, 3.8) is 0 Å². The van der Waals surface area contributed by atoms with Gasteiger partial charge in [0.15, 0.2) is 23.1 Å². The van der Waals surface area contributed by atoms with Crippen molar-refractivity contribution in [2.45, 2.75) is 25.7 Å². The summed E-state index contributed by atoms with van der Waals surface area (Å²) in [7, 11) is 1.43. The highest BCUT2D eigenvalue weighted by molar-refractivity contribution is 9.13. The van der Waals surface area contributed by atoms with Gasteiger partial charge in [0.05, 0.1) is 29.1 Å². The first-order valence-corrected chi connectivity index (χ1v) is 14.7. The topological polar surface area (TPSA) is 101 Å². The fourth-order valence-electron chi connectivity index (χ4n) is 6.71. The largest absolute Gasteiger partial charge is 0.503 e. The van der Waals surface area contributed by atoms with Crippen molar-refractivity contribution >= 4 is 67.0 Å². The molecule has 1 N–H and O–H groups in total. The van der Waals surface area contributed by atoms with Crippen LogP contribution in [0.15, 0.2) is 80.3 Å². The van der Waals surface area contributed by atoms with Gasteiger partial charge in [-0.3, -0.25) is 24.1 Å². The Labute approximate surface area is 253 Å². The molecule has 1 aliphatic heterocycles. The van der Waals surface area contributed by atoms with Gasteiger partial charge in [0.25, 0.3) is 0 Å². The van der Waals surface area contributed by atoms with Crippen LogP contribution in [0.3, 0.4) is 0 Å². The second-order valence-corrected chi connectivity index (χ2v) is 12.3. The molecular formula is C32H25Br2NO6. The van der Waals surface area contributed by atoms with Crippen LogP contribution in [0.25, 0.3) is 6.08 Å². The van der Waals surface area contributed by atoms with E-state index in [1.54, 1.807) is 43.3 Å². The number of aromatic hydroxyl groups is 1. The van der Waals surface area contributed by atoms with E-state index in [-0.39, 0.29) is 41.3 Å². The smallest absolute Gasteiger partial charge is 0.238 e. The SMILES string of the molecule is C=Cc1ccc(N2C(=O)[C@H]3[C@H](CC=C4[C@H](c5cc(OC)c(O)c(Br)c5Br)C5=C(C[C@H]43)C(=O)C=C(C)C5=O)C2=O)cc1. The van der Waals surface area contributed by atoms with E-state index in [0.717, 1.165) is 11.1 Å². The molecule has 0 spiro atoms. The number of nitrogens with zero attached hydrogens (tertiary/aromatic N) is 1. The number of fused-ring (bicyclic) bond motifs is 3. The first kappa shape index (κ1) is 27.6. The molecule has 1 fully saturated rings. The molecule has 4 atom stereocenters. The summed E-state index contributed by atoms with van der Waals surface area (Å²) in [4.78, 5) is 56.0. The zero-order valence-electron chi connectivity index (χ0n) is 22.2. The minimum atomic E-state index is -0.686. The highest BCUT2D eigenvalue weighted by atomic mass is 79.9. The van der Waals surface area contributed by atoms with Crippen LogP contribution in [-0.2, 0) is 19.2 Å². The van der Waals surface area contributed by atoms with Crippen molar-refractivity contribution in [3.05, 3.63) is 91.4 Å². The fraction of sp³-hybridized carbons (Fsp3) is 0.250. The molecule has 7 nitrogen and oxygen atoms in total. The minimum Gasteiger partial charge on any atom is -0.503 e. The number of anilines is 1. The van der Waals surface area contributed by atoms with Crippen LogP contribution in [0, 0.1) is 17.8 Å². The number of phenols is 1. The molecule has 0 bridgehead atoms. The molecule has 208 valence electrons. The van der Waals surface area contributed by atoms with E-state index >= 15 is 0 Å². The summed E-state index contributed by atoms with van der Waals surface area (Å²) >= 11 is 7.01. The molecular weight excluding hydrogens is 654 g/mol. The average Bonchev–Trinajstić information content (AvgIpc) is 3.23.